The third kappa shape index (κ3) is 2.96. The molecule has 90 valence electrons. The monoisotopic (exact) mass is 293 g/mol. The van der Waals surface area contributed by atoms with Crippen LogP contribution in [0.25, 0.3) is 5.69 Å². The first-order valence-electron chi connectivity index (χ1n) is 5.72. The summed E-state index contributed by atoms with van der Waals surface area (Å²) in [6.07, 6.45) is 2.08. The van der Waals surface area contributed by atoms with E-state index in [0.29, 0.717) is 0 Å². The minimum atomic E-state index is 0.874. The van der Waals surface area contributed by atoms with Crippen LogP contribution in [0.4, 0.5) is 0 Å². The molecule has 0 saturated carbocycles. The fraction of sp³-hybridized carbons (Fsp3) is 0.308. The van der Waals surface area contributed by atoms with Gasteiger partial charge in [-0.3, -0.25) is 0 Å². The number of hydrogen-bond acceptors (Lipinski definition) is 2. The van der Waals surface area contributed by atoms with Crippen molar-refractivity contribution in [3.63, 3.8) is 0 Å². The summed E-state index contributed by atoms with van der Waals surface area (Å²) < 4.78 is 3.01. The summed E-state index contributed by atoms with van der Waals surface area (Å²) in [6, 6.07) is 8.15. The van der Waals surface area contributed by atoms with Crippen molar-refractivity contribution < 1.29 is 0 Å². The van der Waals surface area contributed by atoms with E-state index < -0.39 is 0 Å². The Labute approximate surface area is 110 Å². The third-order valence-corrected chi connectivity index (χ3v) is 3.19. The highest BCUT2D eigenvalue weighted by Crippen LogP contribution is 2.15. The molecule has 1 aromatic heterocycles. The number of aromatic nitrogens is 2. The lowest BCUT2D eigenvalue weighted by molar-refractivity contribution is 0.723. The lowest BCUT2D eigenvalue weighted by atomic mass is 10.2. The van der Waals surface area contributed by atoms with E-state index in [1.54, 1.807) is 0 Å². The number of aryl methyl sites for hydroxylation is 1. The topological polar surface area (TPSA) is 29.9 Å². The van der Waals surface area contributed by atoms with Gasteiger partial charge in [-0.2, -0.15) is 5.10 Å². The van der Waals surface area contributed by atoms with E-state index in [0.717, 1.165) is 28.9 Å². The number of nitrogens with zero attached hydrogens (tertiary/aromatic N) is 2. The van der Waals surface area contributed by atoms with Crippen molar-refractivity contribution in [2.24, 2.45) is 0 Å². The van der Waals surface area contributed by atoms with Crippen molar-refractivity contribution in [3.8, 4) is 5.69 Å². The Bertz CT molecular complexity index is 488. The second-order valence-electron chi connectivity index (χ2n) is 3.94. The average molecular weight is 294 g/mol. The van der Waals surface area contributed by atoms with Crippen molar-refractivity contribution in [3.05, 3.63) is 46.2 Å². The largest absolute Gasteiger partial charge is 0.313 e. The first-order valence-corrected chi connectivity index (χ1v) is 6.52. The van der Waals surface area contributed by atoms with Gasteiger partial charge >= 0.3 is 0 Å². The zero-order chi connectivity index (χ0) is 12.3. The van der Waals surface area contributed by atoms with E-state index in [1.807, 2.05) is 35.9 Å². The second kappa shape index (κ2) is 5.47. The summed E-state index contributed by atoms with van der Waals surface area (Å²) >= 11 is 3.43. The highest BCUT2D eigenvalue weighted by Gasteiger charge is 2.05. The van der Waals surface area contributed by atoms with Gasteiger partial charge in [0.15, 0.2) is 0 Å². The van der Waals surface area contributed by atoms with E-state index >= 15 is 0 Å². The van der Waals surface area contributed by atoms with Gasteiger partial charge in [-0.05, 0) is 37.7 Å². The first kappa shape index (κ1) is 12.3. The predicted molar refractivity (Wildman–Crippen MR) is 73.4 cm³/mol. The van der Waals surface area contributed by atoms with Crippen LogP contribution >= 0.6 is 15.9 Å². The van der Waals surface area contributed by atoms with Gasteiger partial charge < -0.3 is 5.32 Å². The maximum atomic E-state index is 4.52. The Hall–Kier alpha value is -1.13. The van der Waals surface area contributed by atoms with Gasteiger partial charge in [-0.15, -0.1) is 0 Å². The van der Waals surface area contributed by atoms with Gasteiger partial charge in [-0.1, -0.05) is 22.9 Å². The molecule has 1 aromatic carbocycles. The molecular formula is C13H16BrN3. The summed E-state index contributed by atoms with van der Waals surface area (Å²) in [7, 11) is 0. The van der Waals surface area contributed by atoms with Crippen molar-refractivity contribution in [2.75, 3.05) is 6.54 Å². The Morgan fingerprint density at radius 1 is 1.29 bits per heavy atom. The Morgan fingerprint density at radius 3 is 2.65 bits per heavy atom. The Morgan fingerprint density at radius 2 is 2.00 bits per heavy atom. The Balaban J connectivity index is 2.24. The molecule has 0 spiro atoms. The SMILES string of the molecule is CCNCc1cn(-c2ccc(Br)cc2)nc1C. The van der Waals surface area contributed by atoms with Crippen LogP contribution < -0.4 is 5.32 Å². The van der Waals surface area contributed by atoms with Gasteiger partial charge in [-0.25, -0.2) is 4.68 Å². The van der Waals surface area contributed by atoms with Crippen molar-refractivity contribution in [1.29, 1.82) is 0 Å². The molecule has 0 aliphatic rings. The van der Waals surface area contributed by atoms with Crippen molar-refractivity contribution in [1.82, 2.24) is 15.1 Å². The molecule has 0 radical (unpaired) electrons. The summed E-state index contributed by atoms with van der Waals surface area (Å²) in [5.41, 5.74) is 3.41. The lowest BCUT2D eigenvalue weighted by Gasteiger charge is -2.00. The van der Waals surface area contributed by atoms with E-state index in [-0.39, 0.29) is 0 Å². The fourth-order valence-corrected chi connectivity index (χ4v) is 1.92. The minimum Gasteiger partial charge on any atom is -0.313 e. The standard InChI is InChI=1S/C13H16BrN3/c1-3-15-8-11-9-17(16-10(11)2)13-6-4-12(14)5-7-13/h4-7,9,15H,3,8H2,1-2H3. The zero-order valence-electron chi connectivity index (χ0n) is 10.1. The molecule has 0 fully saturated rings. The molecule has 0 unspecified atom stereocenters. The molecule has 0 aliphatic heterocycles. The quantitative estimate of drug-likeness (QED) is 0.939. The number of halogens is 1. The molecule has 4 heteroatoms. The van der Waals surface area contributed by atoms with Gasteiger partial charge in [0.1, 0.15) is 0 Å². The van der Waals surface area contributed by atoms with Crippen LogP contribution in [0, 0.1) is 6.92 Å². The molecule has 17 heavy (non-hydrogen) atoms. The van der Waals surface area contributed by atoms with E-state index in [2.05, 4.69) is 39.5 Å². The van der Waals surface area contributed by atoms with E-state index in [9.17, 15) is 0 Å². The van der Waals surface area contributed by atoms with Crippen LogP contribution in [0.2, 0.25) is 0 Å². The molecule has 0 saturated heterocycles. The lowest BCUT2D eigenvalue weighted by Crippen LogP contribution is -2.11. The maximum absolute atomic E-state index is 4.52. The van der Waals surface area contributed by atoms with Crippen LogP contribution in [-0.4, -0.2) is 16.3 Å². The molecule has 0 aliphatic carbocycles. The van der Waals surface area contributed by atoms with Crippen LogP contribution in [-0.2, 0) is 6.54 Å². The van der Waals surface area contributed by atoms with Gasteiger partial charge in [0.25, 0.3) is 0 Å². The predicted octanol–water partition coefficient (Wildman–Crippen LogP) is 3.05. The molecule has 0 atom stereocenters. The first-order chi connectivity index (χ1) is 8.20. The molecule has 1 heterocycles. The van der Waals surface area contributed by atoms with Crippen LogP contribution in [0.5, 0.6) is 0 Å². The van der Waals surface area contributed by atoms with Crippen LogP contribution in [0.1, 0.15) is 18.2 Å². The summed E-state index contributed by atoms with van der Waals surface area (Å²) in [5.74, 6) is 0. The summed E-state index contributed by atoms with van der Waals surface area (Å²) in [4.78, 5) is 0. The third-order valence-electron chi connectivity index (χ3n) is 2.66. The smallest absolute Gasteiger partial charge is 0.0646 e. The van der Waals surface area contributed by atoms with Crippen molar-refractivity contribution >= 4 is 15.9 Å². The minimum absolute atomic E-state index is 0.874. The molecule has 2 aromatic rings. The number of benzene rings is 1. The van der Waals surface area contributed by atoms with Gasteiger partial charge in [0, 0.05) is 22.8 Å². The second-order valence-corrected chi connectivity index (χ2v) is 4.86. The molecule has 3 nitrogen and oxygen atoms in total. The molecular weight excluding hydrogens is 278 g/mol. The molecule has 0 amide bonds. The fourth-order valence-electron chi connectivity index (χ4n) is 1.66. The average Bonchev–Trinajstić information content (AvgIpc) is 2.69. The van der Waals surface area contributed by atoms with Crippen LogP contribution in [0.15, 0.2) is 34.9 Å². The number of rotatable bonds is 4. The zero-order valence-corrected chi connectivity index (χ0v) is 11.7. The number of hydrogen-bond donors (Lipinski definition) is 1. The normalized spacial score (nSPS) is 10.8. The van der Waals surface area contributed by atoms with Gasteiger partial charge in [0.05, 0.1) is 11.4 Å². The molecule has 1 N–H and O–H groups in total. The molecule has 0 bridgehead atoms. The van der Waals surface area contributed by atoms with Crippen LogP contribution in [0.3, 0.4) is 0 Å². The Kier molecular flexibility index (Phi) is 3.97. The van der Waals surface area contributed by atoms with E-state index in [1.165, 1.54) is 5.56 Å². The summed E-state index contributed by atoms with van der Waals surface area (Å²) in [5, 5.41) is 7.84. The maximum Gasteiger partial charge on any atom is 0.0646 e. The van der Waals surface area contributed by atoms with Gasteiger partial charge in [0.2, 0.25) is 0 Å². The number of nitrogens with one attached hydrogen (secondary N) is 1. The van der Waals surface area contributed by atoms with Crippen molar-refractivity contribution in [2.45, 2.75) is 20.4 Å². The summed E-state index contributed by atoms with van der Waals surface area (Å²) in [6.45, 7) is 6.00. The highest BCUT2D eigenvalue weighted by molar-refractivity contribution is 9.10. The highest BCUT2D eigenvalue weighted by atomic mass is 79.9. The molecule has 2 rings (SSSR count). The van der Waals surface area contributed by atoms with E-state index in [4.69, 9.17) is 0 Å².